The van der Waals surface area contributed by atoms with E-state index in [0.29, 0.717) is 23.6 Å². The van der Waals surface area contributed by atoms with E-state index < -0.39 is 12.0 Å². The molecule has 0 spiro atoms. The molecule has 2 amide bonds. The number of hydrogen-bond donors (Lipinski definition) is 2. The summed E-state index contributed by atoms with van der Waals surface area (Å²) in [6.45, 7) is 0.676. The van der Waals surface area contributed by atoms with Gasteiger partial charge in [-0.25, -0.2) is 4.79 Å². The van der Waals surface area contributed by atoms with Crippen LogP contribution in [0.25, 0.3) is 0 Å². The number of amides is 2. The second-order valence-electron chi connectivity index (χ2n) is 5.17. The molecule has 0 radical (unpaired) electrons. The summed E-state index contributed by atoms with van der Waals surface area (Å²) in [5, 5.41) is 8.86. The van der Waals surface area contributed by atoms with Gasteiger partial charge in [-0.2, -0.15) is 0 Å². The van der Waals surface area contributed by atoms with E-state index in [1.165, 1.54) is 28.4 Å². The van der Waals surface area contributed by atoms with Crippen molar-refractivity contribution in [3.05, 3.63) is 10.6 Å². The zero-order valence-electron chi connectivity index (χ0n) is 11.3. The predicted octanol–water partition coefficient (Wildman–Crippen LogP) is -0.511. The Morgan fingerprint density at radius 2 is 2.14 bits per heavy atom. The highest BCUT2D eigenvalue weighted by Crippen LogP contribution is 2.44. The second-order valence-corrected chi connectivity index (χ2v) is 7.57. The SMILES string of the molecule is CN1CCC(SC2=C(C(=O)O)N3C(=O)[C@@H](N)[C@H]3SC2)C1=O. The molecular formula is C12H15N3O4S2. The van der Waals surface area contributed by atoms with Crippen molar-refractivity contribution in [2.75, 3.05) is 19.3 Å². The number of likely N-dealkylation sites (tertiary alicyclic amines) is 1. The van der Waals surface area contributed by atoms with Crippen molar-refractivity contribution in [3.8, 4) is 0 Å². The summed E-state index contributed by atoms with van der Waals surface area (Å²) >= 11 is 2.72. The van der Waals surface area contributed by atoms with Crippen LogP contribution >= 0.6 is 23.5 Å². The molecule has 7 nitrogen and oxygen atoms in total. The molecule has 0 aromatic carbocycles. The van der Waals surface area contributed by atoms with Gasteiger partial charge in [-0.1, -0.05) is 0 Å². The van der Waals surface area contributed by atoms with Gasteiger partial charge in [0.25, 0.3) is 0 Å². The van der Waals surface area contributed by atoms with Crippen molar-refractivity contribution >= 4 is 41.3 Å². The lowest BCUT2D eigenvalue weighted by Crippen LogP contribution is -2.68. The van der Waals surface area contributed by atoms with Crippen LogP contribution in [0, 0.1) is 0 Å². The highest BCUT2D eigenvalue weighted by Gasteiger charge is 2.52. The van der Waals surface area contributed by atoms with Gasteiger partial charge in [-0.3, -0.25) is 14.5 Å². The highest BCUT2D eigenvalue weighted by molar-refractivity contribution is 8.07. The van der Waals surface area contributed by atoms with E-state index in [-0.39, 0.29) is 28.1 Å². The van der Waals surface area contributed by atoms with Crippen molar-refractivity contribution in [1.29, 1.82) is 0 Å². The Kier molecular flexibility index (Phi) is 3.66. The molecule has 3 aliphatic heterocycles. The lowest BCUT2D eigenvalue weighted by molar-refractivity contribution is -0.147. The van der Waals surface area contributed by atoms with Gasteiger partial charge in [-0.05, 0) is 6.42 Å². The number of aliphatic carboxylic acids is 1. The van der Waals surface area contributed by atoms with Gasteiger partial charge in [0, 0.05) is 24.3 Å². The third-order valence-corrected chi connectivity index (χ3v) is 6.67. The number of thioether (sulfide) groups is 2. The standard InChI is InChI=1S/C12H15N3O4S2/c1-14-3-2-5(9(14)16)21-6-4-20-11-7(13)10(17)15(11)8(6)12(18)19/h5,7,11H,2-4,13H2,1H3,(H,18,19)/t5?,7-,11-/m1/s1. The van der Waals surface area contributed by atoms with Crippen LogP contribution in [0.1, 0.15) is 6.42 Å². The summed E-state index contributed by atoms with van der Waals surface area (Å²) in [6, 6.07) is -0.629. The minimum absolute atomic E-state index is 0.00203. The lowest BCUT2D eigenvalue weighted by atomic mass is 10.1. The first-order chi connectivity index (χ1) is 9.91. The molecule has 0 saturated carbocycles. The van der Waals surface area contributed by atoms with Crippen LogP contribution in [0.2, 0.25) is 0 Å². The summed E-state index contributed by atoms with van der Waals surface area (Å²) in [5.74, 6) is -1.02. The van der Waals surface area contributed by atoms with Gasteiger partial charge in [0.15, 0.2) is 0 Å². The van der Waals surface area contributed by atoms with E-state index in [1.807, 2.05) is 0 Å². The second kappa shape index (κ2) is 5.22. The number of β-lactam (4-membered cyclic amide) rings is 1. The number of carbonyl (C=O) groups is 3. The Morgan fingerprint density at radius 1 is 1.43 bits per heavy atom. The molecule has 0 aliphatic carbocycles. The van der Waals surface area contributed by atoms with E-state index >= 15 is 0 Å². The molecule has 3 N–H and O–H groups in total. The molecule has 21 heavy (non-hydrogen) atoms. The molecule has 0 aromatic heterocycles. The fourth-order valence-corrected chi connectivity index (χ4v) is 5.41. The van der Waals surface area contributed by atoms with Gasteiger partial charge in [0.05, 0.1) is 5.25 Å². The third kappa shape index (κ3) is 2.23. The summed E-state index contributed by atoms with van der Waals surface area (Å²) in [7, 11) is 1.74. The molecule has 2 saturated heterocycles. The lowest BCUT2D eigenvalue weighted by Gasteiger charge is -2.47. The van der Waals surface area contributed by atoms with E-state index in [9.17, 15) is 19.5 Å². The summed E-state index contributed by atoms with van der Waals surface area (Å²) in [4.78, 5) is 38.8. The van der Waals surface area contributed by atoms with Crippen LogP contribution in [0.3, 0.4) is 0 Å². The average molecular weight is 329 g/mol. The number of carboxylic acid groups (broad SMARTS) is 1. The minimum atomic E-state index is -1.14. The Hall–Kier alpha value is -1.19. The molecular weight excluding hydrogens is 314 g/mol. The van der Waals surface area contributed by atoms with E-state index in [1.54, 1.807) is 11.9 Å². The third-order valence-electron chi connectivity index (χ3n) is 3.84. The van der Waals surface area contributed by atoms with Crippen LogP contribution in [0.4, 0.5) is 0 Å². The van der Waals surface area contributed by atoms with Crippen LogP contribution in [-0.2, 0) is 14.4 Å². The van der Waals surface area contributed by atoms with Crippen molar-refractivity contribution in [2.45, 2.75) is 23.1 Å². The molecule has 114 valence electrons. The molecule has 9 heteroatoms. The largest absolute Gasteiger partial charge is 0.477 e. The van der Waals surface area contributed by atoms with Crippen LogP contribution in [0.5, 0.6) is 0 Å². The van der Waals surface area contributed by atoms with Gasteiger partial charge in [-0.15, -0.1) is 23.5 Å². The van der Waals surface area contributed by atoms with Crippen molar-refractivity contribution in [2.24, 2.45) is 5.73 Å². The van der Waals surface area contributed by atoms with Crippen LogP contribution in [0.15, 0.2) is 10.6 Å². The summed E-state index contributed by atoms with van der Waals surface area (Å²) in [6.07, 6.45) is 0.692. The van der Waals surface area contributed by atoms with Gasteiger partial charge in [0.1, 0.15) is 17.1 Å². The topological polar surface area (TPSA) is 104 Å². The first-order valence-corrected chi connectivity index (χ1v) is 8.43. The number of nitrogens with two attached hydrogens (primary N) is 1. The van der Waals surface area contributed by atoms with Gasteiger partial charge >= 0.3 is 5.97 Å². The zero-order chi connectivity index (χ0) is 15.3. The van der Waals surface area contributed by atoms with Crippen molar-refractivity contribution < 1.29 is 19.5 Å². The fourth-order valence-electron chi connectivity index (χ4n) is 2.65. The maximum absolute atomic E-state index is 12.0. The Labute approximate surface area is 129 Å². The number of carboxylic acids is 1. The van der Waals surface area contributed by atoms with Crippen molar-refractivity contribution in [1.82, 2.24) is 9.80 Å². The van der Waals surface area contributed by atoms with Crippen LogP contribution < -0.4 is 5.73 Å². The molecule has 3 heterocycles. The van der Waals surface area contributed by atoms with Gasteiger partial charge < -0.3 is 15.7 Å². The molecule has 0 bridgehead atoms. The Morgan fingerprint density at radius 3 is 2.71 bits per heavy atom. The zero-order valence-corrected chi connectivity index (χ0v) is 12.9. The summed E-state index contributed by atoms with van der Waals surface area (Å²) < 4.78 is 0. The predicted molar refractivity (Wildman–Crippen MR) is 79.4 cm³/mol. The molecule has 1 unspecified atom stereocenters. The number of carbonyl (C=O) groups excluding carboxylic acids is 2. The first-order valence-electron chi connectivity index (χ1n) is 6.50. The number of hydrogen-bond acceptors (Lipinski definition) is 6. The Bertz CT molecular complexity index is 565. The number of rotatable bonds is 3. The van der Waals surface area contributed by atoms with Crippen molar-refractivity contribution in [3.63, 3.8) is 0 Å². The number of nitrogens with zero attached hydrogens (tertiary/aromatic N) is 2. The smallest absolute Gasteiger partial charge is 0.353 e. The minimum Gasteiger partial charge on any atom is -0.477 e. The quantitative estimate of drug-likeness (QED) is 0.672. The van der Waals surface area contributed by atoms with Crippen LogP contribution in [-0.4, -0.2) is 68.7 Å². The number of fused-ring (bicyclic) bond motifs is 1. The normalized spacial score (nSPS) is 32.4. The fraction of sp³-hybridized carbons (Fsp3) is 0.583. The monoisotopic (exact) mass is 329 g/mol. The maximum Gasteiger partial charge on any atom is 0.353 e. The van der Waals surface area contributed by atoms with E-state index in [0.717, 1.165) is 0 Å². The molecule has 3 aliphatic rings. The van der Waals surface area contributed by atoms with E-state index in [2.05, 4.69) is 0 Å². The van der Waals surface area contributed by atoms with E-state index in [4.69, 9.17) is 5.73 Å². The molecule has 0 aromatic rings. The average Bonchev–Trinajstić information content (AvgIpc) is 2.77. The molecule has 2 fully saturated rings. The highest BCUT2D eigenvalue weighted by atomic mass is 32.2. The maximum atomic E-state index is 12.0. The Balaban J connectivity index is 1.86. The van der Waals surface area contributed by atoms with Gasteiger partial charge in [0.2, 0.25) is 11.8 Å². The molecule has 3 atom stereocenters. The summed E-state index contributed by atoms with van der Waals surface area (Å²) in [5.41, 5.74) is 5.69. The first kappa shape index (κ1) is 14.7. The molecule has 3 rings (SSSR count).